The summed E-state index contributed by atoms with van der Waals surface area (Å²) in [5, 5.41) is 16.2. The first kappa shape index (κ1) is 21.3. The van der Waals surface area contributed by atoms with Crippen LogP contribution in [0.2, 0.25) is 0 Å². The van der Waals surface area contributed by atoms with E-state index in [9.17, 15) is 14.9 Å². The number of benzene rings is 1. The molecular weight excluding hydrogens is 384 g/mol. The van der Waals surface area contributed by atoms with Gasteiger partial charge in [0.2, 0.25) is 0 Å². The lowest BCUT2D eigenvalue weighted by molar-refractivity contribution is -0.387. The van der Waals surface area contributed by atoms with Crippen molar-refractivity contribution < 1.29 is 9.72 Å². The number of aromatic nitrogens is 1. The maximum atomic E-state index is 12.4. The van der Waals surface area contributed by atoms with E-state index in [4.69, 9.17) is 0 Å². The number of hydrogen-bond acceptors (Lipinski definition) is 7. The Bertz CT molecular complexity index is 808. The summed E-state index contributed by atoms with van der Waals surface area (Å²) in [4.78, 5) is 30.4. The third-order valence-corrected chi connectivity index (χ3v) is 6.16. The van der Waals surface area contributed by atoms with Gasteiger partial charge in [0.15, 0.2) is 4.34 Å². The highest BCUT2D eigenvalue weighted by Gasteiger charge is 2.19. The van der Waals surface area contributed by atoms with Crippen LogP contribution >= 0.6 is 23.1 Å². The molecule has 1 heterocycles. The lowest BCUT2D eigenvalue weighted by atomic mass is 10.2. The van der Waals surface area contributed by atoms with Crippen molar-refractivity contribution in [3.05, 3.63) is 45.0 Å². The molecule has 0 aliphatic rings. The molecule has 0 atom stereocenters. The topological polar surface area (TPSA) is 88.4 Å². The van der Waals surface area contributed by atoms with E-state index in [2.05, 4.69) is 36.0 Å². The molecule has 146 valence electrons. The third kappa shape index (κ3) is 6.02. The highest BCUT2D eigenvalue weighted by Crippen LogP contribution is 2.36. The van der Waals surface area contributed by atoms with Gasteiger partial charge in [-0.1, -0.05) is 18.7 Å². The summed E-state index contributed by atoms with van der Waals surface area (Å²) in [6, 6.07) is 4.96. The Morgan fingerprint density at radius 2 is 2.19 bits per heavy atom. The molecule has 0 bridgehead atoms. The zero-order chi connectivity index (χ0) is 20.0. The van der Waals surface area contributed by atoms with Crippen LogP contribution in [0.4, 0.5) is 5.69 Å². The summed E-state index contributed by atoms with van der Waals surface area (Å²) >= 11 is 2.68. The van der Waals surface area contributed by atoms with Crippen LogP contribution in [0.1, 0.15) is 36.8 Å². The van der Waals surface area contributed by atoms with Gasteiger partial charge < -0.3 is 5.32 Å². The van der Waals surface area contributed by atoms with E-state index in [-0.39, 0.29) is 17.2 Å². The van der Waals surface area contributed by atoms with Crippen LogP contribution in [0, 0.1) is 17.0 Å². The maximum absolute atomic E-state index is 12.4. The van der Waals surface area contributed by atoms with Gasteiger partial charge in [-0.3, -0.25) is 19.8 Å². The van der Waals surface area contributed by atoms with Crippen molar-refractivity contribution in [1.29, 1.82) is 0 Å². The number of aryl methyl sites for hydroxylation is 1. The van der Waals surface area contributed by atoms with Crippen LogP contribution in [-0.2, 0) is 0 Å². The molecule has 1 aromatic carbocycles. The number of carbonyl (C=O) groups is 1. The summed E-state index contributed by atoms with van der Waals surface area (Å²) in [5.74, 6) is -0.306. The second-order valence-corrected chi connectivity index (χ2v) is 8.42. The molecule has 1 N–H and O–H groups in total. The number of amides is 1. The fourth-order valence-corrected chi connectivity index (χ4v) is 4.44. The van der Waals surface area contributed by atoms with Crippen LogP contribution in [-0.4, -0.2) is 46.4 Å². The molecule has 0 saturated carbocycles. The maximum Gasteiger partial charge on any atom is 0.284 e. The largest absolute Gasteiger partial charge is 0.351 e. The summed E-state index contributed by atoms with van der Waals surface area (Å²) in [7, 11) is 0. The third-order valence-electron chi connectivity index (χ3n) is 4.03. The second-order valence-electron chi connectivity index (χ2n) is 6.27. The van der Waals surface area contributed by atoms with E-state index in [1.807, 2.05) is 12.3 Å². The average Bonchev–Trinajstić information content (AvgIpc) is 3.03. The quantitative estimate of drug-likeness (QED) is 0.499. The predicted molar refractivity (Wildman–Crippen MR) is 109 cm³/mol. The molecule has 0 unspecified atom stereocenters. The number of thiazole rings is 1. The first-order valence-corrected chi connectivity index (χ1v) is 10.4. The number of nitrogens with one attached hydrogen (secondary N) is 1. The number of hydrogen-bond donors (Lipinski definition) is 1. The van der Waals surface area contributed by atoms with Crippen LogP contribution in [0.5, 0.6) is 0 Å². The zero-order valence-electron chi connectivity index (χ0n) is 15.9. The van der Waals surface area contributed by atoms with Gasteiger partial charge in [-0.2, -0.15) is 0 Å². The Balaban J connectivity index is 2.08. The van der Waals surface area contributed by atoms with E-state index >= 15 is 0 Å². The molecule has 27 heavy (non-hydrogen) atoms. The van der Waals surface area contributed by atoms with Gasteiger partial charge in [0, 0.05) is 41.8 Å². The molecule has 7 nitrogen and oxygen atoms in total. The van der Waals surface area contributed by atoms with Crippen molar-refractivity contribution in [2.75, 3.05) is 19.6 Å². The Morgan fingerprint density at radius 3 is 2.74 bits per heavy atom. The summed E-state index contributed by atoms with van der Waals surface area (Å²) in [6.07, 6.45) is 0. The minimum atomic E-state index is -0.461. The number of nitrogens with zero attached hydrogens (tertiary/aromatic N) is 3. The van der Waals surface area contributed by atoms with Gasteiger partial charge in [-0.15, -0.1) is 11.3 Å². The van der Waals surface area contributed by atoms with E-state index in [1.165, 1.54) is 29.2 Å². The first-order valence-electron chi connectivity index (χ1n) is 8.72. The van der Waals surface area contributed by atoms with Crippen LogP contribution in [0.15, 0.2) is 32.8 Å². The molecule has 0 aliphatic carbocycles. The average molecular weight is 409 g/mol. The fraction of sp³-hybridized carbons (Fsp3) is 0.444. The summed E-state index contributed by atoms with van der Waals surface area (Å²) < 4.78 is 0.737. The number of likely N-dealkylation sites (N-methyl/N-ethyl adjacent to an activating group) is 1. The van der Waals surface area contributed by atoms with Gasteiger partial charge in [0.05, 0.1) is 9.82 Å². The Morgan fingerprint density at radius 1 is 1.44 bits per heavy atom. The summed E-state index contributed by atoms with van der Waals surface area (Å²) in [5.41, 5.74) is 1.08. The monoisotopic (exact) mass is 408 g/mol. The molecule has 1 aromatic heterocycles. The van der Waals surface area contributed by atoms with Crippen LogP contribution < -0.4 is 5.32 Å². The predicted octanol–water partition coefficient (Wildman–Crippen LogP) is 3.97. The molecule has 0 fully saturated rings. The van der Waals surface area contributed by atoms with Gasteiger partial charge in [0.1, 0.15) is 0 Å². The number of carbonyl (C=O) groups excluding carboxylic acids is 1. The van der Waals surface area contributed by atoms with Crippen molar-refractivity contribution in [3.63, 3.8) is 0 Å². The molecule has 2 rings (SSSR count). The minimum absolute atomic E-state index is 0.0853. The number of rotatable bonds is 9. The molecule has 0 aliphatic heterocycles. The van der Waals surface area contributed by atoms with E-state index < -0.39 is 4.92 Å². The van der Waals surface area contributed by atoms with Gasteiger partial charge >= 0.3 is 0 Å². The Kier molecular flexibility index (Phi) is 7.76. The Labute approximate surface area is 167 Å². The highest BCUT2D eigenvalue weighted by molar-refractivity contribution is 8.01. The van der Waals surface area contributed by atoms with Crippen molar-refractivity contribution in [2.45, 2.75) is 43.0 Å². The van der Waals surface area contributed by atoms with E-state index in [1.54, 1.807) is 12.1 Å². The lowest BCUT2D eigenvalue weighted by Gasteiger charge is -2.24. The molecule has 0 spiro atoms. The molecule has 0 saturated heterocycles. The zero-order valence-corrected chi connectivity index (χ0v) is 17.5. The van der Waals surface area contributed by atoms with Crippen molar-refractivity contribution >= 4 is 34.7 Å². The number of nitro groups is 1. The normalized spacial score (nSPS) is 11.2. The van der Waals surface area contributed by atoms with Gasteiger partial charge in [0.25, 0.3) is 11.6 Å². The van der Waals surface area contributed by atoms with E-state index in [0.29, 0.717) is 17.5 Å². The molecule has 0 radical (unpaired) electrons. The lowest BCUT2D eigenvalue weighted by Crippen LogP contribution is -2.38. The summed E-state index contributed by atoms with van der Waals surface area (Å²) in [6.45, 7) is 10.3. The molecule has 9 heteroatoms. The van der Waals surface area contributed by atoms with Crippen molar-refractivity contribution in [2.24, 2.45) is 0 Å². The second kappa shape index (κ2) is 9.82. The smallest absolute Gasteiger partial charge is 0.284 e. The molecular formula is C18H24N4O3S2. The standard InChI is InChI=1S/C18H24N4O3S2/c1-5-21(12(2)3)9-8-19-17(23)14-6-7-16(15(10-14)22(24)25)27-18-20-13(4)11-26-18/h6-7,10-12H,5,8-9H2,1-4H3,(H,19,23). The molecule has 2 aromatic rings. The number of nitro benzene ring substituents is 1. The molecule has 1 amide bonds. The minimum Gasteiger partial charge on any atom is -0.351 e. The van der Waals surface area contributed by atoms with Crippen molar-refractivity contribution in [1.82, 2.24) is 15.2 Å². The van der Waals surface area contributed by atoms with Gasteiger partial charge in [-0.05, 0) is 39.4 Å². The first-order chi connectivity index (χ1) is 12.8. The van der Waals surface area contributed by atoms with Crippen LogP contribution in [0.3, 0.4) is 0 Å². The fourth-order valence-electron chi connectivity index (χ4n) is 2.56. The van der Waals surface area contributed by atoms with Gasteiger partial charge in [-0.25, -0.2) is 4.98 Å². The highest BCUT2D eigenvalue weighted by atomic mass is 32.2. The van der Waals surface area contributed by atoms with Crippen molar-refractivity contribution in [3.8, 4) is 0 Å². The van der Waals surface area contributed by atoms with E-state index in [0.717, 1.165) is 23.1 Å². The van der Waals surface area contributed by atoms with Crippen LogP contribution in [0.25, 0.3) is 0 Å². The Hall–Kier alpha value is -1.97. The SMILES string of the molecule is CCN(CCNC(=O)c1ccc(Sc2nc(C)cs2)c([N+](=O)[O-])c1)C(C)C.